The molecule has 0 unspecified atom stereocenters. The van der Waals surface area contributed by atoms with E-state index in [1.54, 1.807) is 0 Å². The molecule has 78 valence electrons. The molecule has 0 atom stereocenters. The number of nitrogens with one attached hydrogen (secondary N) is 2. The average Bonchev–Trinajstić information content (AvgIpc) is 2.59. The maximum atomic E-state index is 11.2. The summed E-state index contributed by atoms with van der Waals surface area (Å²) in [6.45, 7) is 0. The van der Waals surface area contributed by atoms with Crippen molar-refractivity contribution in [1.82, 2.24) is 19.9 Å². The average molecular weight is 226 g/mol. The van der Waals surface area contributed by atoms with Crippen LogP contribution in [-0.4, -0.2) is 36.8 Å². The Morgan fingerprint density at radius 2 is 2.40 bits per heavy atom. The van der Waals surface area contributed by atoms with Crippen LogP contribution in [0.5, 0.6) is 0 Å². The number of imidazole rings is 1. The van der Waals surface area contributed by atoms with E-state index in [2.05, 4.69) is 19.9 Å². The number of aliphatic carboxylic acids is 1. The first-order valence-electron chi connectivity index (χ1n) is 3.95. The highest BCUT2D eigenvalue weighted by molar-refractivity contribution is 7.99. The highest BCUT2D eigenvalue weighted by atomic mass is 32.2. The monoisotopic (exact) mass is 226 g/mol. The minimum Gasteiger partial charge on any atom is -0.481 e. The van der Waals surface area contributed by atoms with Gasteiger partial charge in [-0.2, -0.15) is 0 Å². The van der Waals surface area contributed by atoms with E-state index in [0.29, 0.717) is 5.16 Å². The summed E-state index contributed by atoms with van der Waals surface area (Å²) in [6.07, 6.45) is 1.25. The Balaban J connectivity index is 2.35. The van der Waals surface area contributed by atoms with Crippen molar-refractivity contribution in [1.29, 1.82) is 0 Å². The lowest BCUT2D eigenvalue weighted by Gasteiger charge is -1.89. The number of thioether (sulfide) groups is 1. The normalized spacial score (nSPS) is 10.7. The lowest BCUT2D eigenvalue weighted by molar-refractivity contribution is -0.133. The van der Waals surface area contributed by atoms with Crippen molar-refractivity contribution in [3.05, 3.63) is 16.7 Å². The Labute approximate surface area is 87.0 Å². The molecule has 15 heavy (non-hydrogen) atoms. The molecule has 0 amide bonds. The molecule has 7 nitrogen and oxygen atoms in total. The summed E-state index contributed by atoms with van der Waals surface area (Å²) in [4.78, 5) is 34.4. The number of nitrogens with zero attached hydrogens (tertiary/aromatic N) is 2. The second-order valence-electron chi connectivity index (χ2n) is 2.65. The molecule has 2 heterocycles. The Hall–Kier alpha value is -1.83. The van der Waals surface area contributed by atoms with Crippen LogP contribution in [0.15, 0.2) is 16.3 Å². The molecule has 2 rings (SSSR count). The summed E-state index contributed by atoms with van der Waals surface area (Å²) >= 11 is 1.00. The fourth-order valence-electron chi connectivity index (χ4n) is 1.02. The van der Waals surface area contributed by atoms with E-state index < -0.39 is 5.97 Å². The van der Waals surface area contributed by atoms with Gasteiger partial charge in [0.15, 0.2) is 16.3 Å². The maximum absolute atomic E-state index is 11.2. The summed E-state index contributed by atoms with van der Waals surface area (Å²) < 4.78 is 0. The van der Waals surface area contributed by atoms with Gasteiger partial charge in [0.1, 0.15) is 0 Å². The van der Waals surface area contributed by atoms with Crippen LogP contribution in [0.3, 0.4) is 0 Å². The molecule has 0 aliphatic carbocycles. The molecule has 0 radical (unpaired) electrons. The number of carboxylic acid groups (broad SMARTS) is 1. The number of carbonyl (C=O) groups is 1. The molecule has 0 aromatic carbocycles. The number of aromatic nitrogens is 4. The van der Waals surface area contributed by atoms with Crippen molar-refractivity contribution in [3.63, 3.8) is 0 Å². The number of aromatic amines is 2. The van der Waals surface area contributed by atoms with E-state index in [-0.39, 0.29) is 22.5 Å². The number of fused-ring (bicyclic) bond motifs is 1. The van der Waals surface area contributed by atoms with Gasteiger partial charge in [-0.3, -0.25) is 9.59 Å². The zero-order valence-corrected chi connectivity index (χ0v) is 8.17. The standard InChI is InChI=1S/C7H6N4O3S/c12-3(13)1-15-7-10-4-5(11-7)8-2-9-6(4)14/h2H,1H2,(H,12,13)(H2,8,9,10,11,14). The molecule has 0 fully saturated rings. The van der Waals surface area contributed by atoms with Gasteiger partial charge in [0.2, 0.25) is 0 Å². The molecule has 0 saturated carbocycles. The molecular formula is C7H6N4O3S. The van der Waals surface area contributed by atoms with Gasteiger partial charge in [-0.25, -0.2) is 9.97 Å². The molecule has 2 aromatic rings. The summed E-state index contributed by atoms with van der Waals surface area (Å²) in [5, 5.41) is 8.83. The minimum atomic E-state index is -0.942. The number of hydrogen-bond donors (Lipinski definition) is 3. The zero-order chi connectivity index (χ0) is 10.8. The minimum absolute atomic E-state index is 0.113. The van der Waals surface area contributed by atoms with Crippen LogP contribution >= 0.6 is 11.8 Å². The smallest absolute Gasteiger partial charge is 0.313 e. The molecule has 0 aliphatic rings. The van der Waals surface area contributed by atoms with Gasteiger partial charge < -0.3 is 15.1 Å². The van der Waals surface area contributed by atoms with Crippen molar-refractivity contribution < 1.29 is 9.90 Å². The first kappa shape index (κ1) is 9.71. The third-order valence-electron chi connectivity index (χ3n) is 1.60. The highest BCUT2D eigenvalue weighted by Crippen LogP contribution is 2.15. The largest absolute Gasteiger partial charge is 0.481 e. The van der Waals surface area contributed by atoms with Gasteiger partial charge in [0.25, 0.3) is 5.56 Å². The third-order valence-corrected chi connectivity index (χ3v) is 2.46. The van der Waals surface area contributed by atoms with Gasteiger partial charge in [0.05, 0.1) is 12.1 Å². The fourth-order valence-corrected chi connectivity index (χ4v) is 1.60. The molecule has 0 spiro atoms. The van der Waals surface area contributed by atoms with Gasteiger partial charge >= 0.3 is 5.97 Å². The molecule has 3 N–H and O–H groups in total. The van der Waals surface area contributed by atoms with E-state index in [0.717, 1.165) is 11.8 Å². The van der Waals surface area contributed by atoms with Crippen LogP contribution < -0.4 is 5.56 Å². The summed E-state index contributed by atoms with van der Waals surface area (Å²) in [6, 6.07) is 0. The zero-order valence-electron chi connectivity index (χ0n) is 7.35. The van der Waals surface area contributed by atoms with E-state index in [1.165, 1.54) is 6.33 Å². The number of H-pyrrole nitrogens is 2. The van der Waals surface area contributed by atoms with Crippen LogP contribution in [0.25, 0.3) is 11.2 Å². The Morgan fingerprint density at radius 1 is 1.60 bits per heavy atom. The number of carboxylic acids is 1. The molecule has 0 aliphatic heterocycles. The summed E-state index contributed by atoms with van der Waals surface area (Å²) in [7, 11) is 0. The Bertz CT molecular complexity index is 561. The van der Waals surface area contributed by atoms with Gasteiger partial charge in [-0.05, 0) is 0 Å². The van der Waals surface area contributed by atoms with Crippen molar-refractivity contribution in [2.24, 2.45) is 0 Å². The second-order valence-corrected chi connectivity index (χ2v) is 3.62. The molecule has 8 heteroatoms. The van der Waals surface area contributed by atoms with Crippen molar-refractivity contribution >= 4 is 28.9 Å². The summed E-state index contributed by atoms with van der Waals surface area (Å²) in [5.74, 6) is -1.06. The van der Waals surface area contributed by atoms with Crippen molar-refractivity contribution in [2.45, 2.75) is 5.16 Å². The second kappa shape index (κ2) is 3.73. The van der Waals surface area contributed by atoms with Crippen LogP contribution in [0.4, 0.5) is 0 Å². The van der Waals surface area contributed by atoms with Crippen molar-refractivity contribution in [2.75, 3.05) is 5.75 Å². The predicted molar refractivity (Wildman–Crippen MR) is 52.9 cm³/mol. The Kier molecular flexibility index (Phi) is 2.42. The lowest BCUT2D eigenvalue weighted by Crippen LogP contribution is -2.05. The van der Waals surface area contributed by atoms with E-state index in [4.69, 9.17) is 5.11 Å². The van der Waals surface area contributed by atoms with Crippen LogP contribution in [0.1, 0.15) is 0 Å². The Morgan fingerprint density at radius 3 is 3.07 bits per heavy atom. The molecule has 0 saturated heterocycles. The lowest BCUT2D eigenvalue weighted by atomic mass is 10.6. The van der Waals surface area contributed by atoms with E-state index >= 15 is 0 Å². The molecule has 2 aromatic heterocycles. The fraction of sp³-hybridized carbons (Fsp3) is 0.143. The van der Waals surface area contributed by atoms with E-state index in [1.807, 2.05) is 0 Å². The molecular weight excluding hydrogens is 220 g/mol. The van der Waals surface area contributed by atoms with Crippen LogP contribution in [-0.2, 0) is 4.79 Å². The van der Waals surface area contributed by atoms with Gasteiger partial charge in [-0.15, -0.1) is 0 Å². The van der Waals surface area contributed by atoms with Crippen molar-refractivity contribution in [3.8, 4) is 0 Å². The van der Waals surface area contributed by atoms with Crippen LogP contribution in [0, 0.1) is 0 Å². The predicted octanol–water partition coefficient (Wildman–Crippen LogP) is -0.177. The maximum Gasteiger partial charge on any atom is 0.313 e. The summed E-state index contributed by atoms with van der Waals surface area (Å²) in [5.41, 5.74) is 0.215. The van der Waals surface area contributed by atoms with Crippen LogP contribution in [0.2, 0.25) is 0 Å². The molecule has 0 bridgehead atoms. The quantitative estimate of drug-likeness (QED) is 0.626. The highest BCUT2D eigenvalue weighted by Gasteiger charge is 2.08. The number of rotatable bonds is 3. The van der Waals surface area contributed by atoms with E-state index in [9.17, 15) is 9.59 Å². The topological polar surface area (TPSA) is 112 Å². The first-order valence-corrected chi connectivity index (χ1v) is 4.93. The van der Waals surface area contributed by atoms with Gasteiger partial charge in [-0.1, -0.05) is 11.8 Å². The van der Waals surface area contributed by atoms with Gasteiger partial charge in [0, 0.05) is 0 Å². The number of hydrogen-bond acceptors (Lipinski definition) is 5. The first-order chi connectivity index (χ1) is 7.16. The SMILES string of the molecule is O=C(O)CSc1nc2nc[nH]c(=O)c2[nH]1. The third kappa shape index (κ3) is 1.99.